The van der Waals surface area contributed by atoms with Gasteiger partial charge in [-0.3, -0.25) is 10.1 Å². The van der Waals surface area contributed by atoms with Gasteiger partial charge >= 0.3 is 0 Å². The molecule has 1 fully saturated rings. The first-order valence-corrected chi connectivity index (χ1v) is 8.44. The molecular formula is C17H27IN4O3. The summed E-state index contributed by atoms with van der Waals surface area (Å²) in [5.41, 5.74) is 1.04. The van der Waals surface area contributed by atoms with E-state index < -0.39 is 4.92 Å². The van der Waals surface area contributed by atoms with Crippen molar-refractivity contribution < 1.29 is 9.66 Å². The third-order valence-corrected chi connectivity index (χ3v) is 4.14. The van der Waals surface area contributed by atoms with Crippen molar-refractivity contribution in [1.82, 2.24) is 10.6 Å². The van der Waals surface area contributed by atoms with Crippen LogP contribution in [-0.2, 0) is 11.3 Å². The number of rotatable bonds is 7. The van der Waals surface area contributed by atoms with Crippen LogP contribution in [0.2, 0.25) is 0 Å². The first-order chi connectivity index (χ1) is 11.6. The number of nitro benzene ring substituents is 1. The molecule has 0 spiro atoms. The maximum Gasteiger partial charge on any atom is 0.269 e. The molecule has 0 aromatic heterocycles. The van der Waals surface area contributed by atoms with Crippen LogP contribution in [0.15, 0.2) is 29.3 Å². The van der Waals surface area contributed by atoms with Crippen LogP contribution < -0.4 is 10.6 Å². The summed E-state index contributed by atoms with van der Waals surface area (Å²) in [5, 5.41) is 17.4. The number of benzene rings is 1. The predicted molar refractivity (Wildman–Crippen MR) is 109 cm³/mol. The van der Waals surface area contributed by atoms with Gasteiger partial charge in [-0.15, -0.1) is 24.0 Å². The summed E-state index contributed by atoms with van der Waals surface area (Å²) in [5.74, 6) is 1.29. The third kappa shape index (κ3) is 7.55. The van der Waals surface area contributed by atoms with Crippen LogP contribution in [0.25, 0.3) is 0 Å². The largest absolute Gasteiger partial charge is 0.381 e. The zero-order valence-corrected chi connectivity index (χ0v) is 17.1. The second-order valence-corrected chi connectivity index (χ2v) is 6.15. The van der Waals surface area contributed by atoms with Crippen LogP contribution >= 0.6 is 24.0 Å². The van der Waals surface area contributed by atoms with Gasteiger partial charge in [0.1, 0.15) is 0 Å². The smallest absolute Gasteiger partial charge is 0.269 e. The van der Waals surface area contributed by atoms with Gasteiger partial charge in [0.05, 0.1) is 18.1 Å². The molecule has 25 heavy (non-hydrogen) atoms. The molecule has 1 aromatic rings. The molecule has 1 aromatic carbocycles. The van der Waals surface area contributed by atoms with E-state index in [2.05, 4.69) is 29.5 Å². The molecule has 8 heteroatoms. The first kappa shape index (κ1) is 21.6. The minimum Gasteiger partial charge on any atom is -0.381 e. The van der Waals surface area contributed by atoms with Gasteiger partial charge in [0.25, 0.3) is 5.69 Å². The van der Waals surface area contributed by atoms with Crippen LogP contribution in [0.1, 0.15) is 32.3 Å². The second kappa shape index (κ2) is 11.2. The quantitative estimate of drug-likeness (QED) is 0.214. The molecule has 1 aliphatic heterocycles. The van der Waals surface area contributed by atoms with Crippen LogP contribution in [0.5, 0.6) is 0 Å². The number of nitrogens with one attached hydrogen (secondary N) is 2. The lowest BCUT2D eigenvalue weighted by Crippen LogP contribution is -2.43. The molecule has 0 amide bonds. The number of guanidine groups is 1. The Morgan fingerprint density at radius 3 is 2.72 bits per heavy atom. The van der Waals surface area contributed by atoms with Gasteiger partial charge in [-0.2, -0.15) is 0 Å². The number of halogens is 1. The summed E-state index contributed by atoms with van der Waals surface area (Å²) in [6.07, 6.45) is 2.08. The first-order valence-electron chi connectivity index (χ1n) is 8.44. The van der Waals surface area contributed by atoms with Crippen molar-refractivity contribution in [3.63, 3.8) is 0 Å². The lowest BCUT2D eigenvalue weighted by Gasteiger charge is -2.18. The number of nitro groups is 1. The van der Waals surface area contributed by atoms with E-state index in [1.54, 1.807) is 12.1 Å². The van der Waals surface area contributed by atoms with Crippen molar-refractivity contribution in [3.8, 4) is 0 Å². The Morgan fingerprint density at radius 1 is 1.44 bits per heavy atom. The molecule has 1 saturated heterocycles. The normalized spacial score (nSPS) is 18.3. The fraction of sp³-hybridized carbons (Fsp3) is 0.588. The lowest BCUT2D eigenvalue weighted by molar-refractivity contribution is -0.384. The Balaban J connectivity index is 0.00000312. The van der Waals surface area contributed by atoms with Gasteiger partial charge < -0.3 is 15.4 Å². The van der Waals surface area contributed by atoms with Crippen LogP contribution in [0.3, 0.4) is 0 Å². The van der Waals surface area contributed by atoms with Crippen LogP contribution in [0.4, 0.5) is 5.69 Å². The summed E-state index contributed by atoms with van der Waals surface area (Å²) in [6, 6.07) is 6.83. The standard InChI is InChI=1S/C17H26N4O3.HI/c1-3-13(2)20-17(19-11-15-8-9-24-12-15)18-10-14-4-6-16(7-5-14)21(22)23;/h4-7,13,15H,3,8-12H2,1-2H3,(H2,18,19,20);1H. The highest BCUT2D eigenvalue weighted by atomic mass is 127. The van der Waals surface area contributed by atoms with E-state index in [1.165, 1.54) is 12.1 Å². The summed E-state index contributed by atoms with van der Waals surface area (Å²) >= 11 is 0. The third-order valence-electron chi connectivity index (χ3n) is 4.14. The monoisotopic (exact) mass is 462 g/mol. The van der Waals surface area contributed by atoms with E-state index in [-0.39, 0.29) is 29.7 Å². The molecule has 0 bridgehead atoms. The van der Waals surface area contributed by atoms with E-state index in [4.69, 9.17) is 4.74 Å². The number of nitrogens with zero attached hydrogens (tertiary/aromatic N) is 2. The van der Waals surface area contributed by atoms with Gasteiger partial charge in [0, 0.05) is 37.2 Å². The minimum atomic E-state index is -0.395. The van der Waals surface area contributed by atoms with Gasteiger partial charge in [0.2, 0.25) is 0 Å². The van der Waals surface area contributed by atoms with Crippen molar-refractivity contribution in [1.29, 1.82) is 0 Å². The Kier molecular flexibility index (Phi) is 9.73. The van der Waals surface area contributed by atoms with Gasteiger partial charge in [-0.25, -0.2) is 4.99 Å². The molecule has 0 saturated carbocycles. The van der Waals surface area contributed by atoms with E-state index >= 15 is 0 Å². The number of ether oxygens (including phenoxy) is 1. The highest BCUT2D eigenvalue weighted by Gasteiger charge is 2.16. The molecule has 1 aliphatic rings. The Morgan fingerprint density at radius 2 is 2.16 bits per heavy atom. The summed E-state index contributed by atoms with van der Waals surface area (Å²) in [7, 11) is 0. The molecule has 2 atom stereocenters. The average molecular weight is 462 g/mol. The number of hydrogen-bond donors (Lipinski definition) is 2. The van der Waals surface area contributed by atoms with Crippen molar-refractivity contribution in [2.24, 2.45) is 10.9 Å². The summed E-state index contributed by atoms with van der Waals surface area (Å²) in [6.45, 7) is 7.18. The summed E-state index contributed by atoms with van der Waals surface area (Å²) in [4.78, 5) is 14.9. The van der Waals surface area contributed by atoms with Crippen molar-refractivity contribution in [3.05, 3.63) is 39.9 Å². The number of aliphatic imine (C=N–C) groups is 1. The van der Waals surface area contributed by atoms with Crippen molar-refractivity contribution in [2.75, 3.05) is 19.8 Å². The minimum absolute atomic E-state index is 0. The molecular weight excluding hydrogens is 435 g/mol. The molecule has 2 N–H and O–H groups in total. The van der Waals surface area contributed by atoms with Crippen molar-refractivity contribution >= 4 is 35.6 Å². The fourth-order valence-electron chi connectivity index (χ4n) is 2.37. The molecule has 0 aliphatic carbocycles. The molecule has 2 unspecified atom stereocenters. The maximum absolute atomic E-state index is 10.7. The predicted octanol–water partition coefficient (Wildman–Crippen LogP) is 3.08. The second-order valence-electron chi connectivity index (χ2n) is 6.15. The van der Waals surface area contributed by atoms with E-state index in [9.17, 15) is 10.1 Å². The van der Waals surface area contributed by atoms with Gasteiger partial charge in [-0.05, 0) is 25.3 Å². The molecule has 7 nitrogen and oxygen atoms in total. The molecule has 2 rings (SSSR count). The molecule has 1 heterocycles. The molecule has 140 valence electrons. The summed E-state index contributed by atoms with van der Waals surface area (Å²) < 4.78 is 5.40. The van der Waals surface area contributed by atoms with Gasteiger partial charge in [0.15, 0.2) is 5.96 Å². The highest BCUT2D eigenvalue weighted by molar-refractivity contribution is 14.0. The maximum atomic E-state index is 10.7. The van der Waals surface area contributed by atoms with E-state index in [0.29, 0.717) is 18.5 Å². The van der Waals surface area contributed by atoms with Crippen LogP contribution in [0, 0.1) is 16.0 Å². The Labute approximate surface area is 165 Å². The van der Waals surface area contributed by atoms with E-state index in [1.807, 2.05) is 0 Å². The zero-order chi connectivity index (χ0) is 17.4. The average Bonchev–Trinajstić information content (AvgIpc) is 3.11. The van der Waals surface area contributed by atoms with Crippen molar-refractivity contribution in [2.45, 2.75) is 39.3 Å². The topological polar surface area (TPSA) is 88.8 Å². The SMILES string of the molecule is CCC(C)NC(=NCc1ccc([N+](=O)[O-])cc1)NCC1CCOC1.I. The van der Waals surface area contributed by atoms with E-state index in [0.717, 1.165) is 44.1 Å². The Bertz CT molecular complexity index is 560. The highest BCUT2D eigenvalue weighted by Crippen LogP contribution is 2.13. The number of non-ortho nitro benzene ring substituents is 1. The lowest BCUT2D eigenvalue weighted by atomic mass is 10.1. The zero-order valence-electron chi connectivity index (χ0n) is 14.7. The van der Waals surface area contributed by atoms with Gasteiger partial charge in [-0.1, -0.05) is 19.1 Å². The molecule has 0 radical (unpaired) electrons. The Hall–Kier alpha value is -1.42. The van der Waals surface area contributed by atoms with Crippen LogP contribution in [-0.4, -0.2) is 36.7 Å². The number of hydrogen-bond acceptors (Lipinski definition) is 4. The fourth-order valence-corrected chi connectivity index (χ4v) is 2.37.